The Hall–Kier alpha value is -1.71. The Kier molecular flexibility index (Phi) is 6.52. The van der Waals surface area contributed by atoms with Gasteiger partial charge in [0.1, 0.15) is 9.88 Å². The molecular weight excluding hydrogens is 352 g/mol. The van der Waals surface area contributed by atoms with Crippen molar-refractivity contribution in [3.63, 3.8) is 0 Å². The van der Waals surface area contributed by atoms with Gasteiger partial charge in [-0.05, 0) is 37.5 Å². The summed E-state index contributed by atoms with van der Waals surface area (Å²) in [5, 5.41) is 6.83. The number of esters is 2. The minimum atomic E-state index is -0.539. The number of nitrogens with one attached hydrogen (secondary N) is 2. The van der Waals surface area contributed by atoms with Gasteiger partial charge in [-0.15, -0.1) is 11.3 Å². The number of thiocarbonyl (C=S) groups is 1. The number of rotatable bonds is 5. The van der Waals surface area contributed by atoms with E-state index in [4.69, 9.17) is 26.4 Å². The second-order valence-electron chi connectivity index (χ2n) is 5.21. The molecule has 0 spiro atoms. The van der Waals surface area contributed by atoms with Gasteiger partial charge < -0.3 is 24.8 Å². The van der Waals surface area contributed by atoms with Crippen LogP contribution in [0.2, 0.25) is 0 Å². The number of ether oxygens (including phenoxy) is 3. The van der Waals surface area contributed by atoms with Crippen LogP contribution in [0, 0.1) is 6.92 Å². The van der Waals surface area contributed by atoms with Crippen LogP contribution in [0.5, 0.6) is 0 Å². The highest BCUT2D eigenvalue weighted by molar-refractivity contribution is 7.80. The Labute approximate surface area is 149 Å². The lowest BCUT2D eigenvalue weighted by Crippen LogP contribution is -2.34. The van der Waals surface area contributed by atoms with Crippen LogP contribution in [0.4, 0.5) is 5.00 Å². The third kappa shape index (κ3) is 4.22. The van der Waals surface area contributed by atoms with Crippen LogP contribution < -0.4 is 10.6 Å². The van der Waals surface area contributed by atoms with E-state index >= 15 is 0 Å². The molecule has 1 unspecified atom stereocenters. The van der Waals surface area contributed by atoms with Gasteiger partial charge >= 0.3 is 11.9 Å². The van der Waals surface area contributed by atoms with Gasteiger partial charge in [-0.1, -0.05) is 0 Å². The van der Waals surface area contributed by atoms with Gasteiger partial charge in [-0.2, -0.15) is 0 Å². The van der Waals surface area contributed by atoms with E-state index < -0.39 is 11.9 Å². The molecule has 0 aliphatic carbocycles. The van der Waals surface area contributed by atoms with Crippen molar-refractivity contribution in [2.24, 2.45) is 0 Å². The number of hydrogen-bond acceptors (Lipinski definition) is 7. The maximum atomic E-state index is 12.0. The van der Waals surface area contributed by atoms with Crippen LogP contribution in [0.3, 0.4) is 0 Å². The SMILES string of the molecule is COC(=O)c1sc(NC(=S)NCC2CCCO2)c(C(=O)OC)c1C. The van der Waals surface area contributed by atoms with Crippen molar-refractivity contribution in [1.29, 1.82) is 0 Å². The second kappa shape index (κ2) is 8.41. The maximum Gasteiger partial charge on any atom is 0.348 e. The first kappa shape index (κ1) is 18.6. The van der Waals surface area contributed by atoms with Gasteiger partial charge in [-0.25, -0.2) is 9.59 Å². The maximum absolute atomic E-state index is 12.0. The van der Waals surface area contributed by atoms with E-state index in [0.717, 1.165) is 30.8 Å². The summed E-state index contributed by atoms with van der Waals surface area (Å²) in [6.45, 7) is 3.03. The quantitative estimate of drug-likeness (QED) is 0.600. The van der Waals surface area contributed by atoms with E-state index in [0.29, 0.717) is 27.1 Å². The second-order valence-corrected chi connectivity index (χ2v) is 6.64. The predicted octanol–water partition coefficient (Wildman–Crippen LogP) is 2.10. The Morgan fingerprint density at radius 1 is 1.33 bits per heavy atom. The monoisotopic (exact) mass is 372 g/mol. The predicted molar refractivity (Wildman–Crippen MR) is 94.9 cm³/mol. The molecule has 1 aliphatic heterocycles. The summed E-state index contributed by atoms with van der Waals surface area (Å²) in [5.74, 6) is -1.04. The summed E-state index contributed by atoms with van der Waals surface area (Å²) < 4.78 is 15.1. The molecule has 0 amide bonds. The van der Waals surface area contributed by atoms with Crippen LogP contribution in [0.25, 0.3) is 0 Å². The minimum absolute atomic E-state index is 0.139. The zero-order valence-electron chi connectivity index (χ0n) is 13.8. The smallest absolute Gasteiger partial charge is 0.348 e. The van der Waals surface area contributed by atoms with Crippen LogP contribution in [0.1, 0.15) is 38.4 Å². The molecule has 1 aromatic heterocycles. The Balaban J connectivity index is 2.13. The lowest BCUT2D eigenvalue weighted by molar-refractivity contribution is 0.0601. The molecule has 132 valence electrons. The third-order valence-electron chi connectivity index (χ3n) is 3.65. The van der Waals surface area contributed by atoms with Gasteiger partial charge in [-0.3, -0.25) is 0 Å². The van der Waals surface area contributed by atoms with Crippen LogP contribution in [0.15, 0.2) is 0 Å². The fourth-order valence-electron chi connectivity index (χ4n) is 2.40. The van der Waals surface area contributed by atoms with Crippen molar-refractivity contribution in [3.05, 3.63) is 16.0 Å². The van der Waals surface area contributed by atoms with Gasteiger partial charge in [0.25, 0.3) is 0 Å². The number of thiophene rings is 1. The number of carbonyl (C=O) groups is 2. The van der Waals surface area contributed by atoms with Crippen molar-refractivity contribution in [2.45, 2.75) is 25.9 Å². The molecule has 1 aromatic rings. The highest BCUT2D eigenvalue weighted by atomic mass is 32.1. The fraction of sp³-hybridized carbons (Fsp3) is 0.533. The van der Waals surface area contributed by atoms with Gasteiger partial charge in [0.05, 0.1) is 25.9 Å². The normalized spacial score (nSPS) is 16.5. The highest BCUT2D eigenvalue weighted by Gasteiger charge is 2.26. The van der Waals surface area contributed by atoms with Crippen molar-refractivity contribution in [1.82, 2.24) is 5.32 Å². The average Bonchev–Trinajstić information content (AvgIpc) is 3.20. The summed E-state index contributed by atoms with van der Waals surface area (Å²) >= 11 is 6.36. The molecule has 0 saturated carbocycles. The molecule has 24 heavy (non-hydrogen) atoms. The minimum Gasteiger partial charge on any atom is -0.465 e. The molecule has 2 N–H and O–H groups in total. The van der Waals surface area contributed by atoms with Gasteiger partial charge in [0.2, 0.25) is 0 Å². The molecule has 7 nitrogen and oxygen atoms in total. The summed E-state index contributed by atoms with van der Waals surface area (Å²) in [6.07, 6.45) is 2.18. The molecule has 2 rings (SSSR count). The van der Waals surface area contributed by atoms with Crippen molar-refractivity contribution in [3.8, 4) is 0 Å². The first-order chi connectivity index (χ1) is 11.5. The molecule has 2 heterocycles. The first-order valence-corrected chi connectivity index (χ1v) is 8.66. The molecule has 0 radical (unpaired) electrons. The summed E-state index contributed by atoms with van der Waals surface area (Å²) in [5.41, 5.74) is 0.785. The van der Waals surface area contributed by atoms with Crippen LogP contribution in [-0.4, -0.2) is 50.5 Å². The van der Waals surface area contributed by atoms with Gasteiger partial charge in [0.15, 0.2) is 5.11 Å². The number of hydrogen-bond donors (Lipinski definition) is 2. The van der Waals surface area contributed by atoms with E-state index in [1.54, 1.807) is 6.92 Å². The zero-order valence-corrected chi connectivity index (χ0v) is 15.4. The molecule has 1 fully saturated rings. The molecule has 0 aromatic carbocycles. The molecule has 9 heteroatoms. The Bertz CT molecular complexity index is 638. The summed E-state index contributed by atoms with van der Waals surface area (Å²) in [7, 11) is 2.58. The fourth-order valence-corrected chi connectivity index (χ4v) is 3.76. The van der Waals surface area contributed by atoms with Gasteiger partial charge in [0, 0.05) is 13.2 Å². The van der Waals surface area contributed by atoms with Crippen LogP contribution >= 0.6 is 23.6 Å². The topological polar surface area (TPSA) is 85.9 Å². The molecular formula is C15H20N2O5S2. The summed E-state index contributed by atoms with van der Waals surface area (Å²) in [6, 6.07) is 0. The van der Waals surface area contributed by atoms with Crippen molar-refractivity contribution in [2.75, 3.05) is 32.7 Å². The average molecular weight is 372 g/mol. The standard InChI is InChI=1S/C15H20N2O5S2/c1-8-10(13(18)20-2)12(24-11(8)14(19)21-3)17-15(23)16-7-9-5-4-6-22-9/h9H,4-7H2,1-3H3,(H2,16,17,23). The van der Waals surface area contributed by atoms with Crippen molar-refractivity contribution >= 4 is 45.6 Å². The lowest BCUT2D eigenvalue weighted by atomic mass is 10.1. The van der Waals surface area contributed by atoms with E-state index in [9.17, 15) is 9.59 Å². The number of methoxy groups -OCH3 is 2. The van der Waals surface area contributed by atoms with E-state index in [1.807, 2.05) is 0 Å². The number of carbonyl (C=O) groups excluding carboxylic acids is 2. The summed E-state index contributed by atoms with van der Waals surface area (Å²) in [4.78, 5) is 24.2. The lowest BCUT2D eigenvalue weighted by Gasteiger charge is -2.14. The first-order valence-electron chi connectivity index (χ1n) is 7.44. The van der Waals surface area contributed by atoms with E-state index in [-0.39, 0.29) is 11.7 Å². The zero-order chi connectivity index (χ0) is 17.7. The van der Waals surface area contributed by atoms with E-state index in [2.05, 4.69) is 10.6 Å². The highest BCUT2D eigenvalue weighted by Crippen LogP contribution is 2.34. The third-order valence-corrected chi connectivity index (χ3v) is 5.08. The Morgan fingerprint density at radius 2 is 2.04 bits per heavy atom. The number of anilines is 1. The molecule has 1 aliphatic rings. The molecule has 1 saturated heterocycles. The van der Waals surface area contributed by atoms with Crippen LogP contribution in [-0.2, 0) is 14.2 Å². The van der Waals surface area contributed by atoms with Crippen molar-refractivity contribution < 1.29 is 23.8 Å². The largest absolute Gasteiger partial charge is 0.465 e. The van der Waals surface area contributed by atoms with E-state index in [1.165, 1.54) is 14.2 Å². The Morgan fingerprint density at radius 3 is 2.62 bits per heavy atom. The molecule has 0 bridgehead atoms. The molecule has 1 atom stereocenters.